The second kappa shape index (κ2) is 10.4. The van der Waals surface area contributed by atoms with E-state index in [2.05, 4.69) is 33.8 Å². The van der Waals surface area contributed by atoms with E-state index in [4.69, 9.17) is 13.9 Å². The molecule has 1 saturated carbocycles. The van der Waals surface area contributed by atoms with Gasteiger partial charge in [-0.05, 0) is 69.4 Å². The Labute approximate surface area is 239 Å². The highest BCUT2D eigenvalue weighted by atomic mass is 16.6. The number of aromatic nitrogens is 2. The number of carboxylic acids is 1. The molecule has 0 bridgehead atoms. The van der Waals surface area contributed by atoms with Crippen LogP contribution in [0.2, 0.25) is 0 Å². The monoisotopic (exact) mass is 556 g/mol. The number of carbonyl (C=O) groups excluding carboxylic acids is 1. The van der Waals surface area contributed by atoms with Crippen LogP contribution < -0.4 is 0 Å². The number of nitrogens with zero attached hydrogens (tertiary/aromatic N) is 2. The van der Waals surface area contributed by atoms with Crippen molar-refractivity contribution in [3.63, 3.8) is 0 Å². The van der Waals surface area contributed by atoms with Gasteiger partial charge in [0.05, 0.1) is 19.2 Å². The van der Waals surface area contributed by atoms with Gasteiger partial charge in [-0.25, -0.2) is 14.6 Å². The van der Waals surface area contributed by atoms with Crippen molar-refractivity contribution in [3.8, 4) is 0 Å². The average molecular weight is 557 g/mol. The van der Waals surface area contributed by atoms with Gasteiger partial charge >= 0.3 is 11.9 Å². The quantitative estimate of drug-likeness (QED) is 0.331. The lowest BCUT2D eigenvalue weighted by molar-refractivity contribution is 0.00694. The van der Waals surface area contributed by atoms with Crippen LogP contribution in [-0.2, 0) is 16.0 Å². The zero-order valence-corrected chi connectivity index (χ0v) is 24.0. The summed E-state index contributed by atoms with van der Waals surface area (Å²) in [6, 6.07) is 5.87. The minimum absolute atomic E-state index is 0.00287. The number of ether oxygens (including phenoxy) is 2. The van der Waals surface area contributed by atoms with Gasteiger partial charge in [-0.15, -0.1) is 0 Å². The minimum atomic E-state index is -1.14. The molecule has 2 aromatic heterocycles. The number of oxazole rings is 1. The van der Waals surface area contributed by atoms with E-state index in [0.717, 1.165) is 35.1 Å². The summed E-state index contributed by atoms with van der Waals surface area (Å²) in [4.78, 5) is 29.2. The lowest BCUT2D eigenvalue weighted by Crippen LogP contribution is -2.23. The fourth-order valence-electron chi connectivity index (χ4n) is 6.68. The third kappa shape index (κ3) is 5.00. The fourth-order valence-corrected chi connectivity index (χ4v) is 6.68. The van der Waals surface area contributed by atoms with Gasteiger partial charge in [0.2, 0.25) is 0 Å². The van der Waals surface area contributed by atoms with E-state index in [1.807, 2.05) is 39.0 Å². The van der Waals surface area contributed by atoms with Gasteiger partial charge in [-0.3, -0.25) is 0 Å². The molecular formula is C33H36N2O6. The Balaban J connectivity index is 1.60. The maximum atomic E-state index is 13.2. The van der Waals surface area contributed by atoms with E-state index in [1.165, 1.54) is 36.9 Å². The second-order valence-corrected chi connectivity index (χ2v) is 12.2. The highest BCUT2D eigenvalue weighted by Crippen LogP contribution is 2.48. The molecule has 214 valence electrons. The highest BCUT2D eigenvalue weighted by Gasteiger charge is 2.36. The number of allylic oxidation sites excluding steroid dienone is 5. The fraction of sp³-hybridized carbons (Fsp3) is 0.424. The summed E-state index contributed by atoms with van der Waals surface area (Å²) in [5.41, 5.74) is 3.94. The molecule has 3 aliphatic rings. The number of hydrogen-bond donors (Lipinski definition) is 1. The molecule has 1 aromatic carbocycles. The Morgan fingerprint density at radius 3 is 2.61 bits per heavy atom. The molecule has 6 rings (SSSR count). The summed E-state index contributed by atoms with van der Waals surface area (Å²) >= 11 is 0. The lowest BCUT2D eigenvalue weighted by atomic mass is 9.77. The van der Waals surface area contributed by atoms with E-state index in [0.29, 0.717) is 18.0 Å². The van der Waals surface area contributed by atoms with Gasteiger partial charge in [-0.2, -0.15) is 0 Å². The molecule has 2 unspecified atom stereocenters. The Morgan fingerprint density at radius 1 is 1.12 bits per heavy atom. The molecule has 1 aliphatic heterocycles. The molecule has 0 radical (unpaired) electrons. The largest absolute Gasteiger partial charge is 0.497 e. The summed E-state index contributed by atoms with van der Waals surface area (Å²) in [5.74, 6) is -0.195. The number of carboxylic acid groups (broad SMARTS) is 1. The summed E-state index contributed by atoms with van der Waals surface area (Å²) in [7, 11) is 1.65. The number of aromatic carboxylic acids is 1. The molecule has 2 atom stereocenters. The normalized spacial score (nSPS) is 21.0. The third-order valence-electron chi connectivity index (χ3n) is 8.37. The van der Waals surface area contributed by atoms with Crippen molar-refractivity contribution in [3.05, 3.63) is 82.9 Å². The molecule has 41 heavy (non-hydrogen) atoms. The number of hydrogen-bond acceptors (Lipinski definition) is 6. The van der Waals surface area contributed by atoms with E-state index in [-0.39, 0.29) is 29.3 Å². The van der Waals surface area contributed by atoms with Crippen molar-refractivity contribution in [2.75, 3.05) is 7.11 Å². The molecule has 0 saturated heterocycles. The molecule has 1 N–H and O–H groups in total. The first-order valence-corrected chi connectivity index (χ1v) is 14.4. The first kappa shape index (κ1) is 27.1. The van der Waals surface area contributed by atoms with E-state index in [9.17, 15) is 14.7 Å². The van der Waals surface area contributed by atoms with Crippen LogP contribution in [0, 0.1) is 5.92 Å². The Kier molecular flexibility index (Phi) is 6.88. The zero-order valence-electron chi connectivity index (χ0n) is 24.0. The van der Waals surface area contributed by atoms with Crippen molar-refractivity contribution < 1.29 is 28.6 Å². The average Bonchev–Trinajstić information content (AvgIpc) is 3.51. The van der Waals surface area contributed by atoms with Crippen LogP contribution in [0.25, 0.3) is 16.5 Å². The minimum Gasteiger partial charge on any atom is -0.497 e. The third-order valence-corrected chi connectivity index (χ3v) is 8.37. The van der Waals surface area contributed by atoms with Gasteiger partial charge in [0.25, 0.3) is 0 Å². The lowest BCUT2D eigenvalue weighted by Gasteiger charge is -2.28. The topological polar surface area (TPSA) is 104 Å². The first-order valence-electron chi connectivity index (χ1n) is 14.4. The van der Waals surface area contributed by atoms with Crippen LogP contribution in [0.5, 0.6) is 0 Å². The number of fused-ring (bicyclic) bond motifs is 5. The molecule has 8 nitrogen and oxygen atoms in total. The predicted octanol–water partition coefficient (Wildman–Crippen LogP) is 7.23. The molecule has 3 aromatic rings. The van der Waals surface area contributed by atoms with E-state index < -0.39 is 11.6 Å². The van der Waals surface area contributed by atoms with Crippen LogP contribution in [0.15, 0.2) is 59.1 Å². The van der Waals surface area contributed by atoms with Crippen LogP contribution in [0.1, 0.15) is 103 Å². The molecule has 0 spiro atoms. The molecule has 1 fully saturated rings. The van der Waals surface area contributed by atoms with Crippen molar-refractivity contribution >= 4 is 28.4 Å². The van der Waals surface area contributed by atoms with Crippen molar-refractivity contribution in [1.82, 2.24) is 9.55 Å². The number of benzene rings is 1. The van der Waals surface area contributed by atoms with Gasteiger partial charge in [0, 0.05) is 34.0 Å². The summed E-state index contributed by atoms with van der Waals surface area (Å²) < 4.78 is 19.3. The zero-order chi connectivity index (χ0) is 28.9. The number of carbonyl (C=O) groups is 2. The van der Waals surface area contributed by atoms with Crippen LogP contribution in [0.4, 0.5) is 0 Å². The molecule has 8 heteroatoms. The van der Waals surface area contributed by atoms with Gasteiger partial charge in [-0.1, -0.05) is 37.5 Å². The predicted molar refractivity (Wildman–Crippen MR) is 155 cm³/mol. The van der Waals surface area contributed by atoms with Crippen LogP contribution in [0.3, 0.4) is 0 Å². The number of rotatable bonds is 5. The number of esters is 1. The molecule has 3 heterocycles. The van der Waals surface area contributed by atoms with E-state index >= 15 is 0 Å². The molecular weight excluding hydrogens is 520 g/mol. The Hall–Kier alpha value is -4.07. The van der Waals surface area contributed by atoms with Crippen LogP contribution >= 0.6 is 0 Å². The number of methoxy groups -OCH3 is 1. The summed E-state index contributed by atoms with van der Waals surface area (Å²) in [5, 5.41) is 11.0. The summed E-state index contributed by atoms with van der Waals surface area (Å²) in [6.07, 6.45) is 15.4. The molecule has 2 aliphatic carbocycles. The Bertz CT molecular complexity index is 1610. The molecule has 0 amide bonds. The van der Waals surface area contributed by atoms with Crippen molar-refractivity contribution in [2.24, 2.45) is 5.92 Å². The van der Waals surface area contributed by atoms with Gasteiger partial charge in [0.1, 0.15) is 11.4 Å². The SMILES string of the molecule is COC1=CC2C=C(c3ocnc3C(=O)O)Cn3c(c(C4CCCCC4)c4ccc(C(=O)OC(C)(C)C)cc43)C2C=C1. The first-order chi connectivity index (χ1) is 19.6. The maximum absolute atomic E-state index is 13.2. The van der Waals surface area contributed by atoms with Gasteiger partial charge < -0.3 is 23.6 Å². The van der Waals surface area contributed by atoms with Crippen LogP contribution in [-0.4, -0.2) is 39.3 Å². The standard InChI is InChI=1S/C33H36N2O6/c1-33(2,3)41-32(38)20-10-12-25-26(16-20)35-17-22(30-28(31(36)37)34-18-40-30)14-21-15-23(39-4)11-13-24(21)29(35)27(25)19-8-6-5-7-9-19/h10-16,18-19,21,24H,5-9,17H2,1-4H3,(H,36,37). The van der Waals surface area contributed by atoms with E-state index in [1.54, 1.807) is 7.11 Å². The smallest absolute Gasteiger partial charge is 0.358 e. The second-order valence-electron chi connectivity index (χ2n) is 12.2. The highest BCUT2D eigenvalue weighted by molar-refractivity contribution is 5.97. The van der Waals surface area contributed by atoms with Crippen molar-refractivity contribution in [2.45, 2.75) is 76.9 Å². The van der Waals surface area contributed by atoms with Crippen molar-refractivity contribution in [1.29, 1.82) is 0 Å². The maximum Gasteiger partial charge on any atom is 0.358 e. The van der Waals surface area contributed by atoms with Gasteiger partial charge in [0.15, 0.2) is 17.8 Å². The summed E-state index contributed by atoms with van der Waals surface area (Å²) in [6.45, 7) is 5.96. The Morgan fingerprint density at radius 2 is 1.90 bits per heavy atom.